The van der Waals surface area contributed by atoms with Gasteiger partial charge in [-0.25, -0.2) is 8.78 Å². The van der Waals surface area contributed by atoms with Crippen LogP contribution in [0.3, 0.4) is 0 Å². The van der Waals surface area contributed by atoms with Gasteiger partial charge in [0, 0.05) is 22.1 Å². The van der Waals surface area contributed by atoms with Gasteiger partial charge in [0.2, 0.25) is 0 Å². The molecule has 0 bridgehead atoms. The fraction of sp³-hybridized carbons (Fsp3) is 0.292. The number of fused-ring (bicyclic) bond motifs is 2. The number of ether oxygens (including phenoxy) is 2. The fourth-order valence-corrected chi connectivity index (χ4v) is 5.07. The Balaban J connectivity index is 1.46. The van der Waals surface area contributed by atoms with Gasteiger partial charge in [0.05, 0.1) is 42.8 Å². The van der Waals surface area contributed by atoms with Crippen LogP contribution in [-0.2, 0) is 9.53 Å². The number of primary amides is 1. The summed E-state index contributed by atoms with van der Waals surface area (Å²) in [7, 11) is 1.45. The Labute approximate surface area is 206 Å². The molecule has 2 N–H and O–H groups in total. The largest absolute Gasteiger partial charge is 0.496 e. The lowest BCUT2D eigenvalue weighted by atomic mass is 9.74. The van der Waals surface area contributed by atoms with Crippen molar-refractivity contribution in [1.82, 2.24) is 4.90 Å². The SMILES string of the molecule is COC1=CC2N=CC=C(Oc3cc(Br)c4c(C(=O)N5CC(F)(F)C5)coc4c3)C2(C)C=C1C(N)=O. The number of halogens is 3. The van der Waals surface area contributed by atoms with E-state index in [1.165, 1.54) is 13.4 Å². The third-order valence-electron chi connectivity index (χ3n) is 6.31. The van der Waals surface area contributed by atoms with Crippen LogP contribution in [0.4, 0.5) is 8.78 Å². The van der Waals surface area contributed by atoms with Gasteiger partial charge in [-0.2, -0.15) is 0 Å². The van der Waals surface area contributed by atoms with E-state index >= 15 is 0 Å². The van der Waals surface area contributed by atoms with Crippen LogP contribution >= 0.6 is 15.9 Å². The standard InChI is InChI=1S/C24H20BrF2N3O5/c1-23-8-13(21(28)31)16(33-2)7-18(23)29-4-3-19(23)35-12-5-15(25)20-14(9-34-17(20)6-12)22(32)30-10-24(26,27)11-30/h3-9,18H,10-11H2,1-2H3,(H2,28,31). The zero-order valence-corrected chi connectivity index (χ0v) is 20.3. The van der Waals surface area contributed by atoms with Crippen LogP contribution in [0.1, 0.15) is 17.3 Å². The summed E-state index contributed by atoms with van der Waals surface area (Å²) in [6.45, 7) is 0.631. The molecular weight excluding hydrogens is 528 g/mol. The number of carbonyl (C=O) groups is 2. The van der Waals surface area contributed by atoms with E-state index in [-0.39, 0.29) is 11.1 Å². The zero-order chi connectivity index (χ0) is 25.1. The maximum absolute atomic E-state index is 13.2. The molecule has 1 aliphatic carbocycles. The molecule has 3 heterocycles. The molecule has 2 amide bonds. The van der Waals surface area contributed by atoms with Crippen LogP contribution in [0.25, 0.3) is 11.0 Å². The average molecular weight is 548 g/mol. The Bertz CT molecular complexity index is 1380. The smallest absolute Gasteiger partial charge is 0.282 e. The second kappa shape index (κ2) is 8.04. The van der Waals surface area contributed by atoms with E-state index in [4.69, 9.17) is 19.6 Å². The Morgan fingerprint density at radius 1 is 1.31 bits per heavy atom. The average Bonchev–Trinajstić information content (AvgIpc) is 3.21. The number of hydrogen-bond donors (Lipinski definition) is 1. The highest BCUT2D eigenvalue weighted by Gasteiger charge is 2.47. The highest BCUT2D eigenvalue weighted by molar-refractivity contribution is 9.10. The van der Waals surface area contributed by atoms with Gasteiger partial charge in [0.25, 0.3) is 17.7 Å². The van der Waals surface area contributed by atoms with Gasteiger partial charge >= 0.3 is 0 Å². The van der Waals surface area contributed by atoms with E-state index in [2.05, 4.69) is 20.9 Å². The Hall–Kier alpha value is -3.47. The normalized spacial score (nSPS) is 24.7. The van der Waals surface area contributed by atoms with Crippen molar-refractivity contribution in [2.24, 2.45) is 16.1 Å². The molecule has 1 fully saturated rings. The van der Waals surface area contributed by atoms with E-state index in [0.717, 1.165) is 4.90 Å². The molecule has 8 nitrogen and oxygen atoms in total. The van der Waals surface area contributed by atoms with Gasteiger partial charge in [-0.1, -0.05) is 6.08 Å². The maximum Gasteiger partial charge on any atom is 0.282 e. The minimum atomic E-state index is -2.86. The number of methoxy groups -OCH3 is 1. The van der Waals surface area contributed by atoms with Crippen LogP contribution in [0.2, 0.25) is 0 Å². The number of carbonyl (C=O) groups excluding carboxylic acids is 2. The number of likely N-dealkylation sites (tertiary alicyclic amines) is 1. The molecule has 2 atom stereocenters. The minimum Gasteiger partial charge on any atom is -0.496 e. The molecule has 5 rings (SSSR count). The lowest BCUT2D eigenvalue weighted by molar-refractivity contribution is -0.114. The van der Waals surface area contributed by atoms with Crippen molar-refractivity contribution < 1.29 is 32.3 Å². The highest BCUT2D eigenvalue weighted by atomic mass is 79.9. The van der Waals surface area contributed by atoms with Crippen molar-refractivity contribution in [2.45, 2.75) is 18.9 Å². The molecule has 35 heavy (non-hydrogen) atoms. The number of nitrogens with two attached hydrogens (primary N) is 1. The summed E-state index contributed by atoms with van der Waals surface area (Å²) in [5.41, 5.74) is 5.48. The van der Waals surface area contributed by atoms with Gasteiger partial charge in [-0.15, -0.1) is 0 Å². The molecule has 3 aliphatic rings. The molecule has 0 spiro atoms. The predicted molar refractivity (Wildman–Crippen MR) is 126 cm³/mol. The maximum atomic E-state index is 13.2. The van der Waals surface area contributed by atoms with E-state index < -0.39 is 42.3 Å². The van der Waals surface area contributed by atoms with Gasteiger partial charge in [-0.05, 0) is 41.1 Å². The number of nitrogens with zero attached hydrogens (tertiary/aromatic N) is 2. The first kappa shape index (κ1) is 23.3. The lowest BCUT2D eigenvalue weighted by Crippen LogP contribution is -2.58. The van der Waals surface area contributed by atoms with Crippen LogP contribution in [-0.4, -0.2) is 55.1 Å². The third kappa shape index (κ3) is 3.83. The highest BCUT2D eigenvalue weighted by Crippen LogP contribution is 2.44. The number of benzene rings is 1. The van der Waals surface area contributed by atoms with Crippen molar-refractivity contribution >= 4 is 44.9 Å². The van der Waals surface area contributed by atoms with E-state index in [1.807, 2.05) is 6.92 Å². The van der Waals surface area contributed by atoms with E-state index in [0.29, 0.717) is 32.7 Å². The Kier molecular flexibility index (Phi) is 5.35. The van der Waals surface area contributed by atoms with Crippen LogP contribution < -0.4 is 10.5 Å². The first-order valence-corrected chi connectivity index (χ1v) is 11.4. The summed E-state index contributed by atoms with van der Waals surface area (Å²) < 4.78 is 44.0. The predicted octanol–water partition coefficient (Wildman–Crippen LogP) is 3.96. The number of amides is 2. The number of rotatable bonds is 5. The van der Waals surface area contributed by atoms with Gasteiger partial charge in [0.15, 0.2) is 0 Å². The van der Waals surface area contributed by atoms with Gasteiger partial charge < -0.3 is 24.5 Å². The quantitative estimate of drug-likeness (QED) is 0.609. The number of hydrogen-bond acceptors (Lipinski definition) is 6. The topological polar surface area (TPSA) is 107 Å². The second-order valence-electron chi connectivity index (χ2n) is 8.76. The third-order valence-corrected chi connectivity index (χ3v) is 6.94. The number of alkyl halides is 2. The number of dihydropyridines is 1. The molecule has 2 unspecified atom stereocenters. The summed E-state index contributed by atoms with van der Waals surface area (Å²) >= 11 is 3.45. The first-order valence-electron chi connectivity index (χ1n) is 10.6. The van der Waals surface area contributed by atoms with Crippen LogP contribution in [0, 0.1) is 5.41 Å². The molecule has 2 aromatic rings. The number of furan rings is 1. The molecule has 1 saturated heterocycles. The summed E-state index contributed by atoms with van der Waals surface area (Å²) in [6, 6.07) is 2.86. The molecule has 182 valence electrons. The first-order chi connectivity index (χ1) is 16.5. The number of aliphatic imine (C=N–C) groups is 1. The summed E-state index contributed by atoms with van der Waals surface area (Å²) in [5.74, 6) is -2.79. The van der Waals surface area contributed by atoms with Crippen molar-refractivity contribution in [2.75, 3.05) is 20.2 Å². The van der Waals surface area contributed by atoms with Gasteiger partial charge in [-0.3, -0.25) is 14.6 Å². The van der Waals surface area contributed by atoms with E-state index in [1.54, 1.807) is 36.6 Å². The molecule has 2 aliphatic heterocycles. The fourth-order valence-electron chi connectivity index (χ4n) is 4.44. The Morgan fingerprint density at radius 3 is 2.71 bits per heavy atom. The van der Waals surface area contributed by atoms with Crippen molar-refractivity contribution in [1.29, 1.82) is 0 Å². The summed E-state index contributed by atoms with van der Waals surface area (Å²) in [5, 5.41) is 0.460. The number of allylic oxidation sites excluding steroid dienone is 1. The molecule has 1 aromatic carbocycles. The van der Waals surface area contributed by atoms with Crippen molar-refractivity contribution in [3.05, 3.63) is 63.8 Å². The molecule has 0 saturated carbocycles. The van der Waals surface area contributed by atoms with Crippen molar-refractivity contribution in [3.63, 3.8) is 0 Å². The van der Waals surface area contributed by atoms with Crippen molar-refractivity contribution in [3.8, 4) is 5.75 Å². The van der Waals surface area contributed by atoms with Gasteiger partial charge in [0.1, 0.15) is 29.1 Å². The second-order valence-corrected chi connectivity index (χ2v) is 9.62. The zero-order valence-electron chi connectivity index (χ0n) is 18.7. The van der Waals surface area contributed by atoms with Crippen LogP contribution in [0.15, 0.2) is 67.6 Å². The summed E-state index contributed by atoms with van der Waals surface area (Å²) in [4.78, 5) is 30.2. The van der Waals surface area contributed by atoms with Crippen LogP contribution in [0.5, 0.6) is 5.75 Å². The minimum absolute atomic E-state index is 0.184. The molecule has 11 heteroatoms. The van der Waals surface area contributed by atoms with E-state index in [9.17, 15) is 18.4 Å². The summed E-state index contributed by atoms with van der Waals surface area (Å²) in [6.07, 6.45) is 7.95. The molecule has 1 aromatic heterocycles. The molecular formula is C24H20BrF2N3O5. The monoisotopic (exact) mass is 547 g/mol. The molecule has 0 radical (unpaired) electrons. The Morgan fingerprint density at radius 2 is 2.06 bits per heavy atom. The lowest BCUT2D eigenvalue weighted by Gasteiger charge is -2.38.